The zero-order chi connectivity index (χ0) is 5.40. The van der Waals surface area contributed by atoms with Crippen molar-refractivity contribution in [2.75, 3.05) is 0 Å². The molecule has 2 aliphatic carbocycles. The number of hydrogen-bond donors (Lipinski definition) is 0. The SMILES string of the molecule is C1=C=C2C=CC=C2C=1. The molecule has 2 aliphatic rings. The molecule has 0 bridgehead atoms. The molecule has 0 saturated heterocycles. The first-order valence-electron chi connectivity index (χ1n) is 2.57. The molecule has 0 heteroatoms. The van der Waals surface area contributed by atoms with Crippen molar-refractivity contribution in [1.82, 2.24) is 0 Å². The van der Waals surface area contributed by atoms with Gasteiger partial charge in [0.1, 0.15) is 0 Å². The second-order valence-corrected chi connectivity index (χ2v) is 1.81. The van der Waals surface area contributed by atoms with Gasteiger partial charge in [0.2, 0.25) is 0 Å². The van der Waals surface area contributed by atoms with Crippen molar-refractivity contribution in [2.45, 2.75) is 0 Å². The summed E-state index contributed by atoms with van der Waals surface area (Å²) in [5.41, 5.74) is 8.28. The topological polar surface area (TPSA) is 0 Å². The standard InChI is InChI=1S/C8H4/c1-3-7-5-2-6-8(7)4-1/h1,3-5H. The van der Waals surface area contributed by atoms with E-state index in [1.807, 2.05) is 18.2 Å². The van der Waals surface area contributed by atoms with Crippen molar-refractivity contribution in [3.05, 3.63) is 46.9 Å². The minimum Gasteiger partial charge on any atom is -0.0689 e. The maximum absolute atomic E-state index is 2.97. The van der Waals surface area contributed by atoms with Gasteiger partial charge in [-0.15, -0.1) is 0 Å². The van der Waals surface area contributed by atoms with Crippen LogP contribution in [0.1, 0.15) is 0 Å². The molecule has 0 amide bonds. The van der Waals surface area contributed by atoms with Crippen molar-refractivity contribution in [3.63, 3.8) is 0 Å². The quantitative estimate of drug-likeness (QED) is 0.407. The number of hydrogen-bond acceptors (Lipinski definition) is 0. The molecule has 0 unspecified atom stereocenters. The van der Waals surface area contributed by atoms with Crippen LogP contribution < -0.4 is 0 Å². The van der Waals surface area contributed by atoms with E-state index in [9.17, 15) is 0 Å². The normalized spacial score (nSPS) is 19.0. The summed E-state index contributed by atoms with van der Waals surface area (Å²) in [6, 6.07) is 0. The second kappa shape index (κ2) is 1.14. The van der Waals surface area contributed by atoms with Crippen molar-refractivity contribution < 1.29 is 0 Å². The van der Waals surface area contributed by atoms with Gasteiger partial charge in [0.05, 0.1) is 0 Å². The van der Waals surface area contributed by atoms with Crippen LogP contribution in [0.25, 0.3) is 0 Å². The fraction of sp³-hybridized carbons (Fsp3) is 0. The summed E-state index contributed by atoms with van der Waals surface area (Å²) < 4.78 is 0. The molecule has 0 radical (unpaired) electrons. The maximum atomic E-state index is 2.97. The van der Waals surface area contributed by atoms with Gasteiger partial charge in [0.15, 0.2) is 0 Å². The summed E-state index contributed by atoms with van der Waals surface area (Å²) in [6.07, 6.45) is 8.05. The van der Waals surface area contributed by atoms with Crippen LogP contribution in [0.4, 0.5) is 0 Å². The van der Waals surface area contributed by atoms with Crippen molar-refractivity contribution in [3.8, 4) is 0 Å². The lowest BCUT2D eigenvalue weighted by Gasteiger charge is -1.83. The van der Waals surface area contributed by atoms with E-state index in [-0.39, 0.29) is 0 Å². The highest BCUT2D eigenvalue weighted by Gasteiger charge is 2.03. The van der Waals surface area contributed by atoms with Crippen molar-refractivity contribution in [1.29, 1.82) is 0 Å². The Morgan fingerprint density at radius 2 is 2.38 bits per heavy atom. The molecule has 2 rings (SSSR count). The minimum atomic E-state index is 1.17. The van der Waals surface area contributed by atoms with Gasteiger partial charge >= 0.3 is 0 Å². The summed E-state index contributed by atoms with van der Waals surface area (Å²) in [6.45, 7) is 0. The monoisotopic (exact) mass is 100 g/mol. The molecule has 0 nitrogen and oxygen atoms in total. The molecule has 0 saturated carbocycles. The predicted molar refractivity (Wildman–Crippen MR) is 32.3 cm³/mol. The third-order valence-electron chi connectivity index (χ3n) is 1.28. The molecular formula is C8H4. The van der Waals surface area contributed by atoms with E-state index in [4.69, 9.17) is 0 Å². The highest BCUT2D eigenvalue weighted by molar-refractivity contribution is 5.55. The van der Waals surface area contributed by atoms with Gasteiger partial charge < -0.3 is 0 Å². The Kier molecular flexibility index (Phi) is 0.532. The maximum Gasteiger partial charge on any atom is 0.0327 e. The first kappa shape index (κ1) is 3.74. The van der Waals surface area contributed by atoms with Gasteiger partial charge in [-0.05, 0) is 17.7 Å². The lowest BCUT2D eigenvalue weighted by atomic mass is 10.2. The second-order valence-electron chi connectivity index (χ2n) is 1.81. The Labute approximate surface area is 47.8 Å². The van der Waals surface area contributed by atoms with E-state index in [1.54, 1.807) is 0 Å². The third kappa shape index (κ3) is 0.313. The van der Waals surface area contributed by atoms with E-state index < -0.39 is 0 Å². The van der Waals surface area contributed by atoms with Crippen molar-refractivity contribution in [2.24, 2.45) is 0 Å². The summed E-state index contributed by atoms with van der Waals surface area (Å²) in [7, 11) is 0. The van der Waals surface area contributed by atoms with Crippen LogP contribution in [-0.4, -0.2) is 0 Å². The highest BCUT2D eigenvalue weighted by Crippen LogP contribution is 2.20. The van der Waals surface area contributed by atoms with Gasteiger partial charge in [0.25, 0.3) is 0 Å². The van der Waals surface area contributed by atoms with Gasteiger partial charge in [0, 0.05) is 5.57 Å². The predicted octanol–water partition coefficient (Wildman–Crippen LogP) is 1.73. The summed E-state index contributed by atoms with van der Waals surface area (Å²) in [5.74, 6) is 0. The fourth-order valence-corrected chi connectivity index (χ4v) is 0.865. The van der Waals surface area contributed by atoms with Crippen LogP contribution in [0.15, 0.2) is 46.9 Å². The first-order valence-corrected chi connectivity index (χ1v) is 2.57. The van der Waals surface area contributed by atoms with Crippen LogP contribution in [0.2, 0.25) is 0 Å². The molecule has 8 heavy (non-hydrogen) atoms. The van der Waals surface area contributed by atoms with E-state index in [1.165, 1.54) is 11.1 Å². The van der Waals surface area contributed by atoms with Crippen LogP contribution in [0, 0.1) is 0 Å². The van der Waals surface area contributed by atoms with Crippen LogP contribution in [0.3, 0.4) is 0 Å². The Morgan fingerprint density at radius 1 is 1.38 bits per heavy atom. The largest absolute Gasteiger partial charge is 0.0689 e. The zero-order valence-corrected chi connectivity index (χ0v) is 4.31. The molecule has 0 atom stereocenters. The van der Waals surface area contributed by atoms with Crippen molar-refractivity contribution >= 4 is 0 Å². The smallest absolute Gasteiger partial charge is 0.0327 e. The molecule has 0 fully saturated rings. The van der Waals surface area contributed by atoms with Crippen LogP contribution in [-0.2, 0) is 0 Å². The molecule has 36 valence electrons. The highest BCUT2D eigenvalue weighted by atomic mass is 14.1. The first-order chi connectivity index (χ1) is 3.97. The minimum absolute atomic E-state index is 1.17. The molecule has 0 aromatic heterocycles. The Balaban J connectivity index is 2.81. The molecule has 0 spiro atoms. The van der Waals surface area contributed by atoms with E-state index in [0.29, 0.717) is 0 Å². The Hall–Kier alpha value is -1.22. The van der Waals surface area contributed by atoms with Gasteiger partial charge in [-0.3, -0.25) is 0 Å². The summed E-state index contributed by atoms with van der Waals surface area (Å²) in [4.78, 5) is 0. The number of rotatable bonds is 0. The van der Waals surface area contributed by atoms with E-state index >= 15 is 0 Å². The van der Waals surface area contributed by atoms with Crippen LogP contribution in [0.5, 0.6) is 0 Å². The average molecular weight is 100 g/mol. The van der Waals surface area contributed by atoms with E-state index in [2.05, 4.69) is 17.5 Å². The van der Waals surface area contributed by atoms with Gasteiger partial charge in [-0.2, -0.15) is 0 Å². The van der Waals surface area contributed by atoms with Crippen LogP contribution >= 0.6 is 0 Å². The molecule has 0 heterocycles. The third-order valence-corrected chi connectivity index (χ3v) is 1.28. The zero-order valence-electron chi connectivity index (χ0n) is 4.31. The Morgan fingerprint density at radius 3 is 3.25 bits per heavy atom. The number of allylic oxidation sites excluding steroid dienone is 6. The lowest BCUT2D eigenvalue weighted by molar-refractivity contribution is 1.69. The van der Waals surface area contributed by atoms with Gasteiger partial charge in [-0.1, -0.05) is 23.6 Å². The Bertz CT molecular complexity index is 275. The lowest BCUT2D eigenvalue weighted by Crippen LogP contribution is -1.67. The molecule has 0 aliphatic heterocycles. The summed E-state index contributed by atoms with van der Waals surface area (Å²) in [5, 5.41) is 0. The van der Waals surface area contributed by atoms with Gasteiger partial charge in [-0.25, -0.2) is 0 Å². The average Bonchev–Trinajstić information content (AvgIpc) is 2.15. The fourth-order valence-electron chi connectivity index (χ4n) is 0.865. The van der Waals surface area contributed by atoms with E-state index in [0.717, 1.165) is 0 Å². The molecule has 0 N–H and O–H groups in total. The molecule has 0 aromatic carbocycles. The summed E-state index contributed by atoms with van der Waals surface area (Å²) >= 11 is 0. The number of fused-ring (bicyclic) bond motifs is 1. The molecule has 0 aromatic rings. The molecular weight excluding hydrogens is 96.1 g/mol.